The Labute approximate surface area is 130 Å². The van der Waals surface area contributed by atoms with Crippen LogP contribution >= 0.6 is 0 Å². The normalized spacial score (nSPS) is 10.1. The summed E-state index contributed by atoms with van der Waals surface area (Å²) in [6, 6.07) is 16.7. The molecule has 22 heavy (non-hydrogen) atoms. The molecule has 0 aromatic heterocycles. The summed E-state index contributed by atoms with van der Waals surface area (Å²) in [5, 5.41) is 0. The van der Waals surface area contributed by atoms with E-state index in [1.807, 2.05) is 30.3 Å². The summed E-state index contributed by atoms with van der Waals surface area (Å²) in [7, 11) is 0. The SMILES string of the molecule is CCOC(=O)c1ccccc1N(Cc1ccccc1)C(C)=O. The number of hydrogen-bond donors (Lipinski definition) is 0. The Morgan fingerprint density at radius 2 is 1.64 bits per heavy atom. The van der Waals surface area contributed by atoms with Crippen molar-refractivity contribution in [1.29, 1.82) is 0 Å². The van der Waals surface area contributed by atoms with Crippen molar-refractivity contribution in [2.75, 3.05) is 11.5 Å². The highest BCUT2D eigenvalue weighted by atomic mass is 16.5. The van der Waals surface area contributed by atoms with E-state index in [0.717, 1.165) is 5.56 Å². The molecule has 0 saturated heterocycles. The largest absolute Gasteiger partial charge is 0.462 e. The predicted octanol–water partition coefficient (Wildman–Crippen LogP) is 3.42. The average Bonchev–Trinajstić information content (AvgIpc) is 2.53. The molecule has 2 aromatic rings. The molecule has 114 valence electrons. The van der Waals surface area contributed by atoms with Gasteiger partial charge < -0.3 is 9.64 Å². The summed E-state index contributed by atoms with van der Waals surface area (Å²) in [5.74, 6) is -0.544. The van der Waals surface area contributed by atoms with Gasteiger partial charge in [0.2, 0.25) is 5.91 Å². The molecular formula is C18H19NO3. The van der Waals surface area contributed by atoms with E-state index >= 15 is 0 Å². The van der Waals surface area contributed by atoms with Crippen LogP contribution in [0.1, 0.15) is 29.8 Å². The van der Waals surface area contributed by atoms with Crippen LogP contribution in [0.3, 0.4) is 0 Å². The van der Waals surface area contributed by atoms with Crippen LogP contribution in [-0.4, -0.2) is 18.5 Å². The smallest absolute Gasteiger partial charge is 0.340 e. The molecule has 0 saturated carbocycles. The van der Waals surface area contributed by atoms with E-state index < -0.39 is 5.97 Å². The number of carbonyl (C=O) groups is 2. The van der Waals surface area contributed by atoms with Gasteiger partial charge in [0.05, 0.1) is 24.4 Å². The lowest BCUT2D eigenvalue weighted by atomic mass is 10.1. The fourth-order valence-corrected chi connectivity index (χ4v) is 2.22. The lowest BCUT2D eigenvalue weighted by Crippen LogP contribution is -2.29. The molecule has 0 N–H and O–H groups in total. The highest BCUT2D eigenvalue weighted by Gasteiger charge is 2.20. The first kappa shape index (κ1) is 15.8. The summed E-state index contributed by atoms with van der Waals surface area (Å²) < 4.78 is 5.07. The maximum Gasteiger partial charge on any atom is 0.340 e. The zero-order valence-corrected chi connectivity index (χ0v) is 12.8. The first-order valence-corrected chi connectivity index (χ1v) is 7.21. The zero-order valence-electron chi connectivity index (χ0n) is 12.8. The number of carbonyl (C=O) groups excluding carboxylic acids is 2. The van der Waals surface area contributed by atoms with Gasteiger partial charge in [0.25, 0.3) is 0 Å². The van der Waals surface area contributed by atoms with Crippen molar-refractivity contribution in [3.8, 4) is 0 Å². The molecule has 0 aliphatic rings. The lowest BCUT2D eigenvalue weighted by molar-refractivity contribution is -0.116. The van der Waals surface area contributed by atoms with E-state index in [4.69, 9.17) is 4.74 Å². The molecule has 0 bridgehead atoms. The van der Waals surface area contributed by atoms with Gasteiger partial charge in [0, 0.05) is 6.92 Å². The minimum atomic E-state index is -0.419. The molecule has 2 rings (SSSR count). The van der Waals surface area contributed by atoms with Crippen molar-refractivity contribution in [3.05, 3.63) is 65.7 Å². The fourth-order valence-electron chi connectivity index (χ4n) is 2.22. The van der Waals surface area contributed by atoms with E-state index in [0.29, 0.717) is 24.4 Å². The predicted molar refractivity (Wildman–Crippen MR) is 85.7 cm³/mol. The van der Waals surface area contributed by atoms with Gasteiger partial charge in [-0.05, 0) is 24.6 Å². The number of para-hydroxylation sites is 1. The Balaban J connectivity index is 2.37. The third-order valence-electron chi connectivity index (χ3n) is 3.25. The molecular weight excluding hydrogens is 278 g/mol. The third kappa shape index (κ3) is 3.73. The van der Waals surface area contributed by atoms with Gasteiger partial charge >= 0.3 is 5.97 Å². The Bertz CT molecular complexity index is 652. The Hall–Kier alpha value is -2.62. The molecule has 0 atom stereocenters. The quantitative estimate of drug-likeness (QED) is 0.794. The summed E-state index contributed by atoms with van der Waals surface area (Å²) in [5.41, 5.74) is 1.96. The van der Waals surface area contributed by atoms with E-state index in [-0.39, 0.29) is 5.91 Å². The van der Waals surface area contributed by atoms with Crippen LogP contribution in [0.4, 0.5) is 5.69 Å². The zero-order chi connectivity index (χ0) is 15.9. The van der Waals surface area contributed by atoms with Gasteiger partial charge in [0.1, 0.15) is 0 Å². The number of anilines is 1. The van der Waals surface area contributed by atoms with Crippen molar-refractivity contribution >= 4 is 17.6 Å². The van der Waals surface area contributed by atoms with Crippen molar-refractivity contribution in [2.24, 2.45) is 0 Å². The first-order chi connectivity index (χ1) is 10.6. The van der Waals surface area contributed by atoms with Crippen LogP contribution < -0.4 is 4.90 Å². The highest BCUT2D eigenvalue weighted by molar-refractivity contribution is 6.01. The van der Waals surface area contributed by atoms with Gasteiger partial charge in [-0.25, -0.2) is 4.79 Å². The number of esters is 1. The van der Waals surface area contributed by atoms with Crippen LogP contribution in [-0.2, 0) is 16.1 Å². The Morgan fingerprint density at radius 1 is 1.00 bits per heavy atom. The molecule has 1 amide bonds. The van der Waals surface area contributed by atoms with Crippen LogP contribution in [0.2, 0.25) is 0 Å². The van der Waals surface area contributed by atoms with Gasteiger partial charge in [0.15, 0.2) is 0 Å². The number of ether oxygens (including phenoxy) is 1. The van der Waals surface area contributed by atoms with Crippen LogP contribution in [0.25, 0.3) is 0 Å². The molecule has 0 aliphatic heterocycles. The topological polar surface area (TPSA) is 46.6 Å². The Kier molecular flexibility index (Phi) is 5.31. The molecule has 0 fully saturated rings. The highest BCUT2D eigenvalue weighted by Crippen LogP contribution is 2.23. The van der Waals surface area contributed by atoms with Crippen LogP contribution in [0.15, 0.2) is 54.6 Å². The van der Waals surface area contributed by atoms with E-state index in [9.17, 15) is 9.59 Å². The minimum Gasteiger partial charge on any atom is -0.462 e. The van der Waals surface area contributed by atoms with Gasteiger partial charge in [-0.1, -0.05) is 42.5 Å². The van der Waals surface area contributed by atoms with Crippen LogP contribution in [0.5, 0.6) is 0 Å². The van der Waals surface area contributed by atoms with E-state index in [1.165, 1.54) is 6.92 Å². The first-order valence-electron chi connectivity index (χ1n) is 7.21. The lowest BCUT2D eigenvalue weighted by Gasteiger charge is -2.23. The summed E-state index contributed by atoms with van der Waals surface area (Å²) in [6.45, 7) is 3.95. The molecule has 4 nitrogen and oxygen atoms in total. The monoisotopic (exact) mass is 297 g/mol. The fraction of sp³-hybridized carbons (Fsp3) is 0.222. The van der Waals surface area contributed by atoms with Gasteiger partial charge in [-0.3, -0.25) is 4.79 Å². The number of rotatable bonds is 5. The van der Waals surface area contributed by atoms with E-state index in [1.54, 1.807) is 36.1 Å². The molecule has 0 unspecified atom stereocenters. The number of benzene rings is 2. The van der Waals surface area contributed by atoms with Crippen molar-refractivity contribution < 1.29 is 14.3 Å². The second-order valence-electron chi connectivity index (χ2n) is 4.83. The molecule has 0 heterocycles. The molecule has 4 heteroatoms. The van der Waals surface area contributed by atoms with Crippen molar-refractivity contribution in [2.45, 2.75) is 20.4 Å². The number of amides is 1. The summed E-state index contributed by atoms with van der Waals surface area (Å²) in [6.07, 6.45) is 0. The number of nitrogens with zero attached hydrogens (tertiary/aromatic N) is 1. The standard InChI is InChI=1S/C18H19NO3/c1-3-22-18(21)16-11-7-8-12-17(16)19(14(2)20)13-15-9-5-4-6-10-15/h4-12H,3,13H2,1-2H3. The Morgan fingerprint density at radius 3 is 2.27 bits per heavy atom. The molecule has 0 spiro atoms. The summed E-state index contributed by atoms with van der Waals surface area (Å²) in [4.78, 5) is 25.7. The van der Waals surface area contributed by atoms with Crippen LogP contribution in [0, 0.1) is 0 Å². The average molecular weight is 297 g/mol. The molecule has 2 aromatic carbocycles. The molecule has 0 radical (unpaired) electrons. The van der Waals surface area contributed by atoms with Crippen molar-refractivity contribution in [3.63, 3.8) is 0 Å². The maximum absolute atomic E-state index is 12.1. The minimum absolute atomic E-state index is 0.124. The third-order valence-corrected chi connectivity index (χ3v) is 3.25. The number of hydrogen-bond acceptors (Lipinski definition) is 3. The summed E-state index contributed by atoms with van der Waals surface area (Å²) >= 11 is 0. The maximum atomic E-state index is 12.1. The van der Waals surface area contributed by atoms with Gasteiger partial charge in [-0.15, -0.1) is 0 Å². The second kappa shape index (κ2) is 7.41. The van der Waals surface area contributed by atoms with Gasteiger partial charge in [-0.2, -0.15) is 0 Å². The second-order valence-corrected chi connectivity index (χ2v) is 4.83. The molecule has 0 aliphatic carbocycles. The van der Waals surface area contributed by atoms with Crippen molar-refractivity contribution in [1.82, 2.24) is 0 Å². The van der Waals surface area contributed by atoms with E-state index in [2.05, 4.69) is 0 Å².